The van der Waals surface area contributed by atoms with Crippen molar-refractivity contribution < 1.29 is 22.9 Å². The van der Waals surface area contributed by atoms with Crippen LogP contribution < -0.4 is 5.73 Å². The topological polar surface area (TPSA) is 118 Å². The van der Waals surface area contributed by atoms with Crippen LogP contribution in [0.1, 0.15) is 40.0 Å². The predicted octanol–water partition coefficient (Wildman–Crippen LogP) is 2.55. The van der Waals surface area contributed by atoms with Crippen LogP contribution in [0.5, 0.6) is 0 Å². The zero-order chi connectivity index (χ0) is 17.4. The van der Waals surface area contributed by atoms with Crippen LogP contribution in [-0.2, 0) is 14.9 Å². The minimum Gasteiger partial charge on any atom is -0.480 e. The van der Waals surface area contributed by atoms with E-state index in [1.807, 2.05) is 0 Å². The summed E-state index contributed by atoms with van der Waals surface area (Å²) < 4.78 is 29.2. The smallest absolute Gasteiger partial charge is 0.323 e. The van der Waals surface area contributed by atoms with Gasteiger partial charge in [0.2, 0.25) is 0 Å². The molecular weight excluding hydrogens is 306 g/mol. The molecular formula is C15H25NO5S. The first-order chi connectivity index (χ1) is 10.0. The predicted molar refractivity (Wildman–Crippen MR) is 85.2 cm³/mol. The zero-order valence-corrected chi connectivity index (χ0v) is 14.0. The summed E-state index contributed by atoms with van der Waals surface area (Å²) in [7, 11) is -4.00. The first-order valence-corrected chi connectivity index (χ1v) is 8.53. The molecule has 1 aromatic rings. The van der Waals surface area contributed by atoms with Crippen molar-refractivity contribution in [2.45, 2.75) is 50.5 Å². The van der Waals surface area contributed by atoms with Crippen molar-refractivity contribution in [1.29, 1.82) is 0 Å². The van der Waals surface area contributed by atoms with E-state index in [0.29, 0.717) is 12.3 Å². The van der Waals surface area contributed by atoms with Crippen molar-refractivity contribution in [2.75, 3.05) is 0 Å². The lowest BCUT2D eigenvalue weighted by atomic mass is 9.87. The molecule has 0 aliphatic rings. The summed E-state index contributed by atoms with van der Waals surface area (Å²) in [6.07, 6.45) is 2.56. The van der Waals surface area contributed by atoms with Gasteiger partial charge in [0.25, 0.3) is 10.1 Å². The van der Waals surface area contributed by atoms with E-state index in [1.54, 1.807) is 25.1 Å². The molecule has 1 atom stereocenters. The van der Waals surface area contributed by atoms with Gasteiger partial charge in [-0.1, -0.05) is 44.9 Å². The van der Waals surface area contributed by atoms with E-state index >= 15 is 0 Å². The van der Waals surface area contributed by atoms with E-state index in [1.165, 1.54) is 12.1 Å². The average Bonchev–Trinajstić information content (AvgIpc) is 2.45. The third kappa shape index (κ3) is 7.53. The normalized spacial score (nSPS) is 13.9. The lowest BCUT2D eigenvalue weighted by Gasteiger charge is -2.24. The number of rotatable bonds is 6. The van der Waals surface area contributed by atoms with Crippen LogP contribution in [0, 0.1) is 5.92 Å². The molecule has 0 saturated heterocycles. The summed E-state index contributed by atoms with van der Waals surface area (Å²) in [5, 5.41) is 8.76. The Morgan fingerprint density at radius 3 is 1.95 bits per heavy atom. The van der Waals surface area contributed by atoms with E-state index < -0.39 is 21.6 Å². The highest BCUT2D eigenvalue weighted by Crippen LogP contribution is 2.20. The van der Waals surface area contributed by atoms with Gasteiger partial charge in [-0.2, -0.15) is 8.42 Å². The van der Waals surface area contributed by atoms with E-state index in [9.17, 15) is 13.2 Å². The standard InChI is InChI=1S/C9H19NO2.C6H6O3S/c1-4-7(5-2)6-9(3,10)8(11)12;7-10(8,9)6-4-2-1-3-5-6/h7H,4-6,10H2,1-3H3,(H,11,12);1-5H,(H,7,8,9). The van der Waals surface area contributed by atoms with Gasteiger partial charge in [-0.05, 0) is 31.4 Å². The highest BCUT2D eigenvalue weighted by atomic mass is 32.2. The summed E-state index contributed by atoms with van der Waals surface area (Å²) in [6, 6.07) is 7.42. The van der Waals surface area contributed by atoms with Crippen molar-refractivity contribution in [3.63, 3.8) is 0 Å². The fourth-order valence-electron chi connectivity index (χ4n) is 1.86. The molecule has 1 aromatic carbocycles. The Kier molecular flexibility index (Phi) is 8.29. The maximum atomic E-state index is 10.7. The molecule has 0 aliphatic heterocycles. The fourth-order valence-corrected chi connectivity index (χ4v) is 2.36. The maximum Gasteiger partial charge on any atom is 0.323 e. The molecule has 0 bridgehead atoms. The van der Waals surface area contributed by atoms with Crippen molar-refractivity contribution in [2.24, 2.45) is 11.7 Å². The number of hydrogen-bond acceptors (Lipinski definition) is 4. The molecule has 4 N–H and O–H groups in total. The van der Waals surface area contributed by atoms with Gasteiger partial charge >= 0.3 is 5.97 Å². The van der Waals surface area contributed by atoms with E-state index in [4.69, 9.17) is 15.4 Å². The van der Waals surface area contributed by atoms with Crippen LogP contribution in [0.2, 0.25) is 0 Å². The van der Waals surface area contributed by atoms with Gasteiger partial charge in [-0.15, -0.1) is 0 Å². The Morgan fingerprint density at radius 2 is 1.68 bits per heavy atom. The monoisotopic (exact) mass is 331 g/mol. The van der Waals surface area contributed by atoms with Gasteiger partial charge in [0, 0.05) is 0 Å². The lowest BCUT2D eigenvalue weighted by molar-refractivity contribution is -0.143. The van der Waals surface area contributed by atoms with Crippen LogP contribution >= 0.6 is 0 Å². The number of nitrogens with two attached hydrogens (primary N) is 1. The summed E-state index contributed by atoms with van der Waals surface area (Å²) >= 11 is 0. The SMILES string of the molecule is CCC(CC)CC(C)(N)C(=O)O.O=S(=O)(O)c1ccccc1. The van der Waals surface area contributed by atoms with Gasteiger partial charge in [0.15, 0.2) is 0 Å². The number of aliphatic carboxylic acids is 1. The van der Waals surface area contributed by atoms with Crippen molar-refractivity contribution in [3.8, 4) is 0 Å². The van der Waals surface area contributed by atoms with Gasteiger partial charge in [-0.25, -0.2) is 0 Å². The number of hydrogen-bond donors (Lipinski definition) is 3. The molecule has 1 unspecified atom stereocenters. The summed E-state index contributed by atoms with van der Waals surface area (Å²) in [5.74, 6) is -0.481. The van der Waals surface area contributed by atoms with Crippen molar-refractivity contribution >= 4 is 16.1 Å². The molecule has 0 radical (unpaired) electrons. The molecule has 22 heavy (non-hydrogen) atoms. The Hall–Kier alpha value is -1.44. The minimum atomic E-state index is -4.00. The second-order valence-electron chi connectivity index (χ2n) is 5.40. The number of carboxylic acid groups (broad SMARTS) is 1. The third-order valence-corrected chi connectivity index (χ3v) is 4.26. The highest BCUT2D eigenvalue weighted by molar-refractivity contribution is 7.85. The molecule has 1 rings (SSSR count). The molecule has 0 spiro atoms. The van der Waals surface area contributed by atoms with E-state index in [0.717, 1.165) is 12.8 Å². The highest BCUT2D eigenvalue weighted by Gasteiger charge is 2.29. The summed E-state index contributed by atoms with van der Waals surface area (Å²) in [6.45, 7) is 5.70. The third-order valence-electron chi connectivity index (χ3n) is 3.40. The van der Waals surface area contributed by atoms with Crippen LogP contribution in [0.4, 0.5) is 0 Å². The van der Waals surface area contributed by atoms with Crippen molar-refractivity contribution in [3.05, 3.63) is 30.3 Å². The number of benzene rings is 1. The van der Waals surface area contributed by atoms with Crippen LogP contribution in [-0.4, -0.2) is 29.6 Å². The van der Waals surface area contributed by atoms with Crippen LogP contribution in [0.15, 0.2) is 35.2 Å². The van der Waals surface area contributed by atoms with Gasteiger partial charge in [0.05, 0.1) is 4.90 Å². The van der Waals surface area contributed by atoms with Crippen LogP contribution in [0.25, 0.3) is 0 Å². The first-order valence-electron chi connectivity index (χ1n) is 7.09. The second kappa shape index (κ2) is 8.87. The molecule has 0 aliphatic carbocycles. The Labute approximate surface area is 132 Å². The molecule has 7 heteroatoms. The quantitative estimate of drug-likeness (QED) is 0.689. The average molecular weight is 331 g/mol. The van der Waals surface area contributed by atoms with Gasteiger partial charge in [0.1, 0.15) is 5.54 Å². The summed E-state index contributed by atoms with van der Waals surface area (Å²) in [4.78, 5) is 10.6. The van der Waals surface area contributed by atoms with E-state index in [2.05, 4.69) is 13.8 Å². The zero-order valence-electron chi connectivity index (χ0n) is 13.2. The Balaban J connectivity index is 0.000000406. The first kappa shape index (κ1) is 20.6. The molecule has 0 heterocycles. The summed E-state index contributed by atoms with van der Waals surface area (Å²) in [5.41, 5.74) is 4.55. The number of carbonyl (C=O) groups is 1. The molecule has 0 fully saturated rings. The largest absolute Gasteiger partial charge is 0.480 e. The molecule has 0 saturated carbocycles. The molecule has 0 aromatic heterocycles. The Morgan fingerprint density at radius 1 is 1.23 bits per heavy atom. The minimum absolute atomic E-state index is 0.0741. The number of carboxylic acids is 1. The van der Waals surface area contributed by atoms with Gasteiger partial charge < -0.3 is 10.8 Å². The molecule has 0 amide bonds. The maximum absolute atomic E-state index is 10.7. The molecule has 6 nitrogen and oxygen atoms in total. The van der Waals surface area contributed by atoms with Crippen LogP contribution in [0.3, 0.4) is 0 Å². The van der Waals surface area contributed by atoms with E-state index in [-0.39, 0.29) is 4.90 Å². The van der Waals surface area contributed by atoms with Gasteiger partial charge in [-0.3, -0.25) is 9.35 Å². The second-order valence-corrected chi connectivity index (χ2v) is 6.82. The Bertz CT molecular complexity index is 551. The van der Waals surface area contributed by atoms with Crippen molar-refractivity contribution in [1.82, 2.24) is 0 Å². The fraction of sp³-hybridized carbons (Fsp3) is 0.533. The lowest BCUT2D eigenvalue weighted by Crippen LogP contribution is -2.46. The molecule has 126 valence electrons.